The molecular formula is C91H83F6N11O17. The van der Waals surface area contributed by atoms with Crippen LogP contribution in [-0.4, -0.2) is 149 Å². The minimum atomic E-state index is -1.31. The van der Waals surface area contributed by atoms with Crippen LogP contribution < -0.4 is 47.1 Å². The lowest BCUT2D eigenvalue weighted by Gasteiger charge is -2.40. The molecule has 0 unspecified atom stereocenters. The molecule has 8 aliphatic heterocycles. The molecule has 4 aliphatic carbocycles. The third-order valence-corrected chi connectivity index (χ3v) is 27.0. The van der Waals surface area contributed by atoms with Crippen LogP contribution in [0, 0.1) is 58.6 Å². The van der Waals surface area contributed by atoms with E-state index in [1.54, 1.807) is 18.9 Å². The molecular weight excluding hydrogens is 1630 g/mol. The number of carbonyl (C=O) groups excluding carboxylic acids is 7. The van der Waals surface area contributed by atoms with Crippen molar-refractivity contribution in [2.24, 2.45) is 23.7 Å². The van der Waals surface area contributed by atoms with E-state index in [0.29, 0.717) is 62.0 Å². The largest absolute Gasteiger partial charge is 0.503 e. The Morgan fingerprint density at radius 3 is 0.944 bits per heavy atom. The third-order valence-electron chi connectivity index (χ3n) is 27.0. The highest BCUT2D eigenvalue weighted by Crippen LogP contribution is 2.50. The summed E-state index contributed by atoms with van der Waals surface area (Å²) < 4.78 is 98.8. The number of benzene rings is 5. The van der Waals surface area contributed by atoms with E-state index in [1.807, 2.05) is 70.5 Å². The van der Waals surface area contributed by atoms with E-state index in [9.17, 15) is 99.2 Å². The first-order valence-electron chi connectivity index (χ1n) is 41.7. The van der Waals surface area contributed by atoms with Gasteiger partial charge in [0.25, 0.3) is 41.4 Å². The number of fused-ring (bicyclic) bond motifs is 24. The van der Waals surface area contributed by atoms with E-state index in [4.69, 9.17) is 9.47 Å². The Morgan fingerprint density at radius 2 is 0.640 bits per heavy atom. The molecule has 28 nitrogen and oxygen atoms in total. The van der Waals surface area contributed by atoms with Gasteiger partial charge in [0.15, 0.2) is 45.8 Å². The molecule has 4 saturated carbocycles. The van der Waals surface area contributed by atoms with Crippen LogP contribution in [0.15, 0.2) is 159 Å². The first-order chi connectivity index (χ1) is 60.1. The van der Waals surface area contributed by atoms with Gasteiger partial charge >= 0.3 is 5.97 Å². The van der Waals surface area contributed by atoms with Crippen molar-refractivity contribution < 1.29 is 89.5 Å². The average Bonchev–Trinajstić information content (AvgIpc) is 1.67. The van der Waals surface area contributed by atoms with Crippen molar-refractivity contribution in [1.29, 1.82) is 0 Å². The van der Waals surface area contributed by atoms with E-state index in [0.717, 1.165) is 112 Å². The third kappa shape index (κ3) is 15.0. The van der Waals surface area contributed by atoms with E-state index < -0.39 is 91.8 Å². The number of piperidine rings is 4. The van der Waals surface area contributed by atoms with E-state index in [2.05, 4.69) is 16.0 Å². The number of nitrogens with one attached hydrogen (secondary N) is 3. The van der Waals surface area contributed by atoms with Crippen LogP contribution in [0.25, 0.3) is 0 Å². The molecule has 5 aromatic carbocycles. The number of aromatic nitrogens is 4. The highest BCUT2D eigenvalue weighted by molar-refractivity contribution is 6.02. The van der Waals surface area contributed by atoms with Gasteiger partial charge in [0.2, 0.25) is 21.7 Å². The first kappa shape index (κ1) is 82.4. The van der Waals surface area contributed by atoms with E-state index >= 15 is 0 Å². The van der Waals surface area contributed by atoms with Crippen LogP contribution in [0.1, 0.15) is 188 Å². The van der Waals surface area contributed by atoms with Gasteiger partial charge in [-0.1, -0.05) is 78.9 Å². The monoisotopic (exact) mass is 1720 g/mol. The molecule has 4 saturated heterocycles. The zero-order valence-electron chi connectivity index (χ0n) is 67.0. The van der Waals surface area contributed by atoms with Gasteiger partial charge in [0, 0.05) is 130 Å². The number of halogens is 6. The summed E-state index contributed by atoms with van der Waals surface area (Å²) in [6, 6.07) is 28.3. The molecule has 12 aliphatic rings. The Bertz CT molecular complexity index is 6090. The summed E-state index contributed by atoms with van der Waals surface area (Å²) >= 11 is 0. The Hall–Kier alpha value is -13.6. The topological polar surface area (TPSA) is 353 Å². The predicted octanol–water partition coefficient (Wildman–Crippen LogP) is 9.31. The zero-order chi connectivity index (χ0) is 87.4. The quantitative estimate of drug-likeness (QED) is 0.0490. The Kier molecular flexibility index (Phi) is 21.7. The number of carboxylic acids is 1. The molecule has 6 N–H and O–H groups in total. The van der Waals surface area contributed by atoms with E-state index in [-0.39, 0.29) is 178 Å². The van der Waals surface area contributed by atoms with Crippen LogP contribution in [0.2, 0.25) is 0 Å². The maximum atomic E-state index is 14.1. The van der Waals surface area contributed by atoms with E-state index in [1.165, 1.54) is 52.1 Å². The standard InChI is InChI=1S/C28H25F2N3O4.2C21H19F2N3O4.C21H20N2O5/c29-19-8-6-18(22(30)11-19)12-31-27(35)21-13-32-14-23-17-7-9-20(10-17)33(23)28(36)24(32)26(25(21)34)37-15-16-4-2-1-3-5-16;2*22-12-3-1-11(15(23)6-12)7-24-20(29)14-8-25-9-16-10-2-4-13(5-10)26(16)21(30)17(25)19(28)18(14)27;24-18-15(21(26)27)9-22-10-16-13-6-7-14(8-13)23(16)20(25)17(22)19(18)28-11-12-4-2-1-3-5-12/h1-6,8,11,13,17,20,23H,7,9-10,12,14-15H2,(H,31,35);2*1,3,6,8,10,13,16,28H,2,4-5,7,9H2,(H,24,29);1-5,9,13-14,16H,6-8,10-11H2,(H,26,27)/t17-,20+,23+;2*10-,13+,16+;13-,14+,16+/m1111/s1. The normalized spacial score (nSPS) is 23.4. The maximum Gasteiger partial charge on any atom is 0.341 e. The van der Waals surface area contributed by atoms with Crippen molar-refractivity contribution in [3.05, 3.63) is 289 Å². The van der Waals surface area contributed by atoms with Crippen LogP contribution >= 0.6 is 0 Å². The van der Waals surface area contributed by atoms with Gasteiger partial charge < -0.3 is 78.6 Å². The fourth-order valence-corrected chi connectivity index (χ4v) is 21.1. The molecule has 34 heteroatoms. The van der Waals surface area contributed by atoms with Crippen LogP contribution in [-0.2, 0) is 59.0 Å². The second-order valence-corrected chi connectivity index (χ2v) is 34.0. The summed E-state index contributed by atoms with van der Waals surface area (Å²) in [6.07, 6.45) is 17.1. The number of aromatic carboxylic acids is 1. The number of hydrogen-bond donors (Lipinski definition) is 6. The van der Waals surface area contributed by atoms with Crippen molar-refractivity contribution >= 4 is 47.3 Å². The molecule has 0 spiro atoms. The molecule has 8 fully saturated rings. The Labute approximate surface area is 707 Å². The van der Waals surface area contributed by atoms with Gasteiger partial charge in [-0.15, -0.1) is 0 Å². The summed E-state index contributed by atoms with van der Waals surface area (Å²) in [5, 5.41) is 37.7. The Morgan fingerprint density at radius 1 is 0.360 bits per heavy atom. The van der Waals surface area contributed by atoms with Gasteiger partial charge in [-0.2, -0.15) is 0 Å². The number of pyridine rings is 4. The summed E-state index contributed by atoms with van der Waals surface area (Å²) in [6.45, 7) is 1.18. The van der Waals surface area contributed by atoms with Gasteiger partial charge in [-0.25, -0.2) is 31.1 Å². The zero-order valence-corrected chi connectivity index (χ0v) is 67.0. The maximum absolute atomic E-state index is 14.1. The molecule has 7 amide bonds. The highest BCUT2D eigenvalue weighted by atomic mass is 19.2. The molecule has 125 heavy (non-hydrogen) atoms. The van der Waals surface area contributed by atoms with Gasteiger partial charge in [0.1, 0.15) is 70.4 Å². The van der Waals surface area contributed by atoms with Crippen molar-refractivity contribution in [2.75, 3.05) is 0 Å². The summed E-state index contributed by atoms with van der Waals surface area (Å²) in [4.78, 5) is 162. The molecule has 12 atom stereocenters. The first-order valence-corrected chi connectivity index (χ1v) is 41.7. The molecule has 21 rings (SSSR count). The number of carboxylic acid groups (broad SMARTS) is 1. The number of amides is 7. The number of aromatic hydroxyl groups is 2. The highest BCUT2D eigenvalue weighted by Gasteiger charge is 2.56. The fourth-order valence-electron chi connectivity index (χ4n) is 21.1. The van der Waals surface area contributed by atoms with Crippen LogP contribution in [0.4, 0.5) is 26.3 Å². The molecule has 4 aromatic heterocycles. The van der Waals surface area contributed by atoms with Crippen molar-refractivity contribution in [2.45, 2.75) is 184 Å². The lowest BCUT2D eigenvalue weighted by molar-refractivity contribution is 0.0471. The average molecular weight is 1720 g/mol. The Balaban J connectivity index is 0.000000114. The van der Waals surface area contributed by atoms with Crippen molar-refractivity contribution in [3.63, 3.8) is 0 Å². The van der Waals surface area contributed by atoms with Crippen LogP contribution in [0.3, 0.4) is 0 Å². The lowest BCUT2D eigenvalue weighted by atomic mass is 9.95. The number of carbonyl (C=O) groups is 8. The second kappa shape index (κ2) is 32.9. The van der Waals surface area contributed by atoms with Gasteiger partial charge in [0.05, 0.1) is 24.2 Å². The molecule has 646 valence electrons. The minimum Gasteiger partial charge on any atom is -0.503 e. The molecule has 9 aromatic rings. The SMILES string of the molecule is O=C(NCc1ccc(F)cc1F)c1cn2c(c(O)c1=O)C(=O)N1[C@H]3CC[C@H](C3)[C@@H]1C2.O=C(NCc1ccc(F)cc1F)c1cn2c(c(O)c1=O)C(=O)N1[C@H]3CC[C@H](C3)[C@@H]1C2.O=C(NCc1ccc(F)cc1F)c1cn2c(c(OCc3ccccc3)c1=O)C(=O)N1[C@H]3CC[C@H](C3)[C@@H]1C2.O=C(O)c1cn2c(c(OCc3ccccc3)c1=O)C(=O)N1[C@H]3CC[C@H](C3)[C@@H]1C2. The minimum absolute atomic E-state index is 0.00475. The lowest BCUT2D eigenvalue weighted by Crippen LogP contribution is -2.52. The van der Waals surface area contributed by atoms with Crippen molar-refractivity contribution in [1.82, 2.24) is 53.8 Å². The van der Waals surface area contributed by atoms with Crippen LogP contribution in [0.5, 0.6) is 23.0 Å². The molecule has 0 radical (unpaired) electrons. The summed E-state index contributed by atoms with van der Waals surface area (Å²) in [5.41, 5.74) is -2.57. The fraction of sp³-hybridized carbons (Fsp3) is 0.363. The summed E-state index contributed by atoms with van der Waals surface area (Å²) in [7, 11) is 0. The number of ether oxygens (including phenoxy) is 2. The number of hydrogen-bond acceptors (Lipinski definition) is 16. The second-order valence-electron chi connectivity index (χ2n) is 34.0. The van der Waals surface area contributed by atoms with Gasteiger partial charge in [-0.05, 0) is 130 Å². The summed E-state index contributed by atoms with van der Waals surface area (Å²) in [5.74, 6) is -9.71. The molecule has 12 heterocycles. The predicted molar refractivity (Wildman–Crippen MR) is 432 cm³/mol. The van der Waals surface area contributed by atoms with Crippen molar-refractivity contribution in [3.8, 4) is 23.0 Å². The molecule has 8 bridgehead atoms. The number of rotatable bonds is 16. The smallest absolute Gasteiger partial charge is 0.341 e. The van der Waals surface area contributed by atoms with Gasteiger partial charge in [-0.3, -0.25) is 52.7 Å². The number of nitrogens with zero attached hydrogens (tertiary/aromatic N) is 8.